The Bertz CT molecular complexity index is 573. The molecule has 0 unspecified atom stereocenters. The van der Waals surface area contributed by atoms with Crippen molar-refractivity contribution in [3.05, 3.63) is 33.5 Å². The van der Waals surface area contributed by atoms with Gasteiger partial charge in [-0.2, -0.15) is 0 Å². The number of fused-ring (bicyclic) bond motifs is 1. The van der Waals surface area contributed by atoms with Gasteiger partial charge in [-0.05, 0) is 53.1 Å². The molecule has 1 aromatic carbocycles. The van der Waals surface area contributed by atoms with Gasteiger partial charge in [-0.3, -0.25) is 4.90 Å². The minimum absolute atomic E-state index is 0.878. The first-order chi connectivity index (χ1) is 9.24. The smallest absolute Gasteiger partial charge is 0.0594 e. The van der Waals surface area contributed by atoms with Crippen LogP contribution in [0.1, 0.15) is 5.69 Å². The lowest BCUT2D eigenvalue weighted by atomic mass is 10.2. The fraction of sp³-hybridized carbons (Fsp3) is 0.467. The monoisotopic (exact) mass is 370 g/mol. The van der Waals surface area contributed by atoms with Gasteiger partial charge < -0.3 is 9.30 Å². The number of benzene rings is 1. The van der Waals surface area contributed by atoms with Gasteiger partial charge in [0.25, 0.3) is 0 Å². The molecule has 0 bridgehead atoms. The highest BCUT2D eigenvalue weighted by Gasteiger charge is 2.11. The standard InChI is InChI=1S/C15H19IN2O/c1-12-10-13-2-3-14(16)11-15(13)18(12)5-4-17-6-8-19-9-7-17/h2-3,10-11H,4-9H2,1H3. The Kier molecular flexibility index (Phi) is 4.10. The fourth-order valence-electron chi connectivity index (χ4n) is 2.73. The molecule has 2 heterocycles. The summed E-state index contributed by atoms with van der Waals surface area (Å²) in [5.41, 5.74) is 2.71. The average Bonchev–Trinajstić information content (AvgIpc) is 2.73. The van der Waals surface area contributed by atoms with Crippen molar-refractivity contribution in [3.63, 3.8) is 0 Å². The van der Waals surface area contributed by atoms with Crippen LogP contribution in [0.15, 0.2) is 24.3 Å². The van der Waals surface area contributed by atoms with Gasteiger partial charge in [0.1, 0.15) is 0 Å². The molecule has 0 radical (unpaired) electrons. The summed E-state index contributed by atoms with van der Waals surface area (Å²) < 4.78 is 9.14. The van der Waals surface area contributed by atoms with Crippen LogP contribution in [0, 0.1) is 10.5 Å². The highest BCUT2D eigenvalue weighted by atomic mass is 127. The van der Waals surface area contributed by atoms with Crippen LogP contribution >= 0.6 is 22.6 Å². The van der Waals surface area contributed by atoms with Gasteiger partial charge in [0.05, 0.1) is 13.2 Å². The first-order valence-corrected chi connectivity index (χ1v) is 7.87. The van der Waals surface area contributed by atoms with E-state index in [0.717, 1.165) is 39.4 Å². The Morgan fingerprint density at radius 3 is 2.74 bits per heavy atom. The molecule has 1 aromatic heterocycles. The average molecular weight is 370 g/mol. The number of rotatable bonds is 3. The van der Waals surface area contributed by atoms with Crippen LogP contribution in [0.5, 0.6) is 0 Å². The van der Waals surface area contributed by atoms with E-state index in [1.165, 1.54) is 20.2 Å². The molecule has 3 rings (SSSR count). The maximum absolute atomic E-state index is 5.40. The predicted molar refractivity (Wildman–Crippen MR) is 86.7 cm³/mol. The van der Waals surface area contributed by atoms with E-state index in [1.54, 1.807) is 0 Å². The summed E-state index contributed by atoms with van der Waals surface area (Å²) in [6.45, 7) is 8.26. The lowest BCUT2D eigenvalue weighted by molar-refractivity contribution is 0.0365. The van der Waals surface area contributed by atoms with Crippen LogP contribution in [-0.4, -0.2) is 42.3 Å². The summed E-state index contributed by atoms with van der Waals surface area (Å²) >= 11 is 2.39. The molecule has 0 saturated carbocycles. The molecule has 19 heavy (non-hydrogen) atoms. The molecule has 1 aliphatic rings. The summed E-state index contributed by atoms with van der Waals surface area (Å²) in [6.07, 6.45) is 0. The highest BCUT2D eigenvalue weighted by Crippen LogP contribution is 2.22. The number of ether oxygens (including phenoxy) is 1. The first-order valence-electron chi connectivity index (χ1n) is 6.79. The Morgan fingerprint density at radius 2 is 1.95 bits per heavy atom. The van der Waals surface area contributed by atoms with E-state index in [0.29, 0.717) is 0 Å². The summed E-state index contributed by atoms with van der Waals surface area (Å²) in [6, 6.07) is 8.96. The van der Waals surface area contributed by atoms with Gasteiger partial charge in [-0.1, -0.05) is 6.07 Å². The molecule has 102 valence electrons. The SMILES string of the molecule is Cc1cc2ccc(I)cc2n1CCN1CCOCC1. The number of aromatic nitrogens is 1. The van der Waals surface area contributed by atoms with Gasteiger partial charge in [-0.15, -0.1) is 0 Å². The molecular formula is C15H19IN2O. The Balaban J connectivity index is 1.79. The van der Waals surface area contributed by atoms with E-state index < -0.39 is 0 Å². The van der Waals surface area contributed by atoms with E-state index in [1.807, 2.05) is 0 Å². The maximum Gasteiger partial charge on any atom is 0.0594 e. The van der Waals surface area contributed by atoms with Crippen molar-refractivity contribution in [3.8, 4) is 0 Å². The lowest BCUT2D eigenvalue weighted by Gasteiger charge is -2.27. The fourth-order valence-corrected chi connectivity index (χ4v) is 3.20. The van der Waals surface area contributed by atoms with Crippen LogP contribution in [0.25, 0.3) is 10.9 Å². The van der Waals surface area contributed by atoms with E-state index in [4.69, 9.17) is 4.74 Å². The molecule has 4 heteroatoms. The largest absolute Gasteiger partial charge is 0.379 e. The van der Waals surface area contributed by atoms with Crippen molar-refractivity contribution in [1.82, 2.24) is 9.47 Å². The van der Waals surface area contributed by atoms with Gasteiger partial charge in [0.15, 0.2) is 0 Å². The zero-order valence-corrected chi connectivity index (χ0v) is 13.4. The number of aryl methyl sites for hydroxylation is 1. The molecule has 0 aliphatic carbocycles. The summed E-state index contributed by atoms with van der Waals surface area (Å²) in [4.78, 5) is 2.49. The molecule has 1 aliphatic heterocycles. The number of hydrogen-bond donors (Lipinski definition) is 0. The summed E-state index contributed by atoms with van der Waals surface area (Å²) in [7, 11) is 0. The van der Waals surface area contributed by atoms with Crippen LogP contribution in [-0.2, 0) is 11.3 Å². The second kappa shape index (κ2) is 5.81. The number of hydrogen-bond acceptors (Lipinski definition) is 2. The van der Waals surface area contributed by atoms with Crippen molar-refractivity contribution < 1.29 is 4.74 Å². The second-order valence-corrected chi connectivity index (χ2v) is 6.34. The zero-order valence-electron chi connectivity index (χ0n) is 11.2. The van der Waals surface area contributed by atoms with E-state index >= 15 is 0 Å². The third-order valence-electron chi connectivity index (χ3n) is 3.82. The van der Waals surface area contributed by atoms with Crippen LogP contribution in [0.4, 0.5) is 0 Å². The van der Waals surface area contributed by atoms with Gasteiger partial charge >= 0.3 is 0 Å². The number of nitrogens with zero attached hydrogens (tertiary/aromatic N) is 2. The minimum Gasteiger partial charge on any atom is -0.379 e. The summed E-state index contributed by atoms with van der Waals surface area (Å²) in [5.74, 6) is 0. The third kappa shape index (κ3) is 2.95. The van der Waals surface area contributed by atoms with Gasteiger partial charge in [0.2, 0.25) is 0 Å². The second-order valence-electron chi connectivity index (χ2n) is 5.09. The highest BCUT2D eigenvalue weighted by molar-refractivity contribution is 14.1. The Hall–Kier alpha value is -0.590. The first kappa shape index (κ1) is 13.4. The topological polar surface area (TPSA) is 17.4 Å². The lowest BCUT2D eigenvalue weighted by Crippen LogP contribution is -2.38. The molecule has 0 amide bonds. The maximum atomic E-state index is 5.40. The van der Waals surface area contributed by atoms with Crippen molar-refractivity contribution in [2.75, 3.05) is 32.8 Å². The molecule has 3 nitrogen and oxygen atoms in total. The normalized spacial score (nSPS) is 17.2. The third-order valence-corrected chi connectivity index (χ3v) is 4.49. The van der Waals surface area contributed by atoms with Crippen LogP contribution in [0.2, 0.25) is 0 Å². The van der Waals surface area contributed by atoms with Gasteiger partial charge in [-0.25, -0.2) is 0 Å². The van der Waals surface area contributed by atoms with Crippen molar-refractivity contribution in [1.29, 1.82) is 0 Å². The summed E-state index contributed by atoms with van der Waals surface area (Å²) in [5, 5.41) is 1.35. The molecule has 0 atom stereocenters. The quantitative estimate of drug-likeness (QED) is 0.774. The van der Waals surface area contributed by atoms with Crippen molar-refractivity contribution >= 4 is 33.5 Å². The molecule has 0 N–H and O–H groups in total. The number of halogens is 1. The van der Waals surface area contributed by atoms with Crippen LogP contribution in [0.3, 0.4) is 0 Å². The van der Waals surface area contributed by atoms with Crippen molar-refractivity contribution in [2.45, 2.75) is 13.5 Å². The molecule has 2 aromatic rings. The molecule has 1 fully saturated rings. The molecular weight excluding hydrogens is 351 g/mol. The van der Waals surface area contributed by atoms with Gasteiger partial charge in [0, 0.05) is 41.0 Å². The number of morpholine rings is 1. The van der Waals surface area contributed by atoms with E-state index in [-0.39, 0.29) is 0 Å². The Morgan fingerprint density at radius 1 is 1.16 bits per heavy atom. The Labute approximate surface area is 127 Å². The molecule has 1 saturated heterocycles. The van der Waals surface area contributed by atoms with E-state index in [9.17, 15) is 0 Å². The zero-order chi connectivity index (χ0) is 13.2. The van der Waals surface area contributed by atoms with E-state index in [2.05, 4.69) is 63.2 Å². The van der Waals surface area contributed by atoms with Crippen LogP contribution < -0.4 is 0 Å². The van der Waals surface area contributed by atoms with Crippen molar-refractivity contribution in [2.24, 2.45) is 0 Å². The molecule has 0 spiro atoms. The predicted octanol–water partition coefficient (Wildman–Crippen LogP) is 2.89. The minimum atomic E-state index is 0.878.